The summed E-state index contributed by atoms with van der Waals surface area (Å²) in [6.07, 6.45) is 2.66. The van der Waals surface area contributed by atoms with Gasteiger partial charge >= 0.3 is 0 Å². The Morgan fingerprint density at radius 2 is 1.48 bits per heavy atom. The van der Waals surface area contributed by atoms with Gasteiger partial charge in [0, 0.05) is 6.54 Å². The van der Waals surface area contributed by atoms with E-state index in [2.05, 4.69) is 93.3 Å². The maximum atomic E-state index is 6.14. The van der Waals surface area contributed by atoms with E-state index < -0.39 is 0 Å². The summed E-state index contributed by atoms with van der Waals surface area (Å²) in [5.41, 5.74) is 2.69. The molecule has 0 N–H and O–H groups in total. The lowest BCUT2D eigenvalue weighted by Crippen LogP contribution is -2.35. The molecule has 2 rings (SSSR count). The fourth-order valence-electron chi connectivity index (χ4n) is 3.46. The van der Waals surface area contributed by atoms with Crippen molar-refractivity contribution < 1.29 is 4.74 Å². The number of nitrogens with zero attached hydrogens (tertiary/aromatic N) is 1. The van der Waals surface area contributed by atoms with Gasteiger partial charge in [0.15, 0.2) is 0 Å². The molecule has 0 aliphatic carbocycles. The fourth-order valence-corrected chi connectivity index (χ4v) is 3.46. The van der Waals surface area contributed by atoms with Crippen molar-refractivity contribution in [1.29, 1.82) is 0 Å². The van der Waals surface area contributed by atoms with Crippen molar-refractivity contribution in [2.24, 2.45) is 5.92 Å². The van der Waals surface area contributed by atoms with E-state index in [4.69, 9.17) is 4.74 Å². The average Bonchev–Trinajstić information content (AvgIpc) is 2.71. The first-order chi connectivity index (χ1) is 13.1. The smallest absolute Gasteiger partial charge is 0.0720 e. The van der Waals surface area contributed by atoms with E-state index in [0.29, 0.717) is 18.4 Å². The van der Waals surface area contributed by atoms with E-state index in [1.807, 2.05) is 0 Å². The lowest BCUT2D eigenvalue weighted by atomic mass is 9.97. The monoisotopic (exact) mass is 367 g/mol. The van der Waals surface area contributed by atoms with Crippen molar-refractivity contribution in [3.05, 3.63) is 71.8 Å². The van der Waals surface area contributed by atoms with Crippen molar-refractivity contribution in [2.75, 3.05) is 19.6 Å². The van der Waals surface area contributed by atoms with Gasteiger partial charge in [0.25, 0.3) is 0 Å². The van der Waals surface area contributed by atoms with Gasteiger partial charge in [0.05, 0.1) is 12.7 Å². The highest BCUT2D eigenvalue weighted by Gasteiger charge is 2.17. The zero-order valence-electron chi connectivity index (χ0n) is 17.6. The molecule has 3 unspecified atom stereocenters. The fraction of sp³-hybridized carbons (Fsp3) is 0.520. The van der Waals surface area contributed by atoms with Crippen molar-refractivity contribution in [3.8, 4) is 0 Å². The topological polar surface area (TPSA) is 12.5 Å². The number of rotatable bonds is 12. The van der Waals surface area contributed by atoms with E-state index in [-0.39, 0.29) is 6.10 Å². The van der Waals surface area contributed by atoms with E-state index in [0.717, 1.165) is 19.6 Å². The second-order valence-corrected chi connectivity index (χ2v) is 7.88. The largest absolute Gasteiger partial charge is 0.374 e. The minimum absolute atomic E-state index is 0.260. The molecule has 2 aromatic rings. The molecule has 2 heteroatoms. The van der Waals surface area contributed by atoms with Crippen LogP contribution in [0, 0.1) is 5.92 Å². The third-order valence-corrected chi connectivity index (χ3v) is 5.49. The normalized spacial score (nSPS) is 14.9. The lowest BCUT2D eigenvalue weighted by Gasteiger charge is -2.29. The highest BCUT2D eigenvalue weighted by Crippen LogP contribution is 2.20. The standard InChI is InChI=1S/C25H37NO/c1-5-17-26(18-16-21(2)25-14-10-7-11-15-25)19-22(3)23(4)27-20-24-12-8-6-9-13-24/h6-15,21-23H,5,16-20H2,1-4H3. The molecule has 0 saturated carbocycles. The Bertz CT molecular complexity index is 613. The molecule has 27 heavy (non-hydrogen) atoms. The number of ether oxygens (including phenoxy) is 1. The lowest BCUT2D eigenvalue weighted by molar-refractivity contribution is 0.00734. The summed E-state index contributed by atoms with van der Waals surface area (Å²) in [5, 5.41) is 0. The van der Waals surface area contributed by atoms with Crippen LogP contribution in [0.1, 0.15) is 57.6 Å². The van der Waals surface area contributed by atoms with E-state index in [9.17, 15) is 0 Å². The van der Waals surface area contributed by atoms with Gasteiger partial charge in [-0.15, -0.1) is 0 Å². The molecule has 0 amide bonds. The Kier molecular flexibility index (Phi) is 9.58. The minimum atomic E-state index is 0.260. The van der Waals surface area contributed by atoms with Gasteiger partial charge in [-0.05, 0) is 55.8 Å². The second kappa shape index (κ2) is 11.9. The Labute approximate surface area is 166 Å². The highest BCUT2D eigenvalue weighted by atomic mass is 16.5. The van der Waals surface area contributed by atoms with Crippen molar-refractivity contribution in [1.82, 2.24) is 4.90 Å². The van der Waals surface area contributed by atoms with Crippen LogP contribution < -0.4 is 0 Å². The first-order valence-electron chi connectivity index (χ1n) is 10.5. The molecule has 0 aliphatic heterocycles. The summed E-state index contributed by atoms with van der Waals surface area (Å²) in [6.45, 7) is 13.3. The molecule has 2 nitrogen and oxygen atoms in total. The Hall–Kier alpha value is -1.64. The van der Waals surface area contributed by atoms with E-state index >= 15 is 0 Å². The average molecular weight is 368 g/mol. The van der Waals surface area contributed by atoms with Crippen molar-refractivity contribution in [2.45, 2.75) is 59.2 Å². The van der Waals surface area contributed by atoms with Gasteiger partial charge < -0.3 is 9.64 Å². The Morgan fingerprint density at radius 3 is 2.11 bits per heavy atom. The van der Waals surface area contributed by atoms with Crippen LogP contribution in [0.3, 0.4) is 0 Å². The van der Waals surface area contributed by atoms with Crippen LogP contribution in [0.4, 0.5) is 0 Å². The van der Waals surface area contributed by atoms with Crippen LogP contribution in [0.2, 0.25) is 0 Å². The molecule has 0 saturated heterocycles. The minimum Gasteiger partial charge on any atom is -0.374 e. The molecule has 2 aromatic carbocycles. The Morgan fingerprint density at radius 1 is 0.852 bits per heavy atom. The molecule has 0 aromatic heterocycles. The maximum Gasteiger partial charge on any atom is 0.0720 e. The van der Waals surface area contributed by atoms with Crippen LogP contribution in [0.25, 0.3) is 0 Å². The van der Waals surface area contributed by atoms with Gasteiger partial charge in [-0.3, -0.25) is 0 Å². The number of benzene rings is 2. The predicted molar refractivity (Wildman–Crippen MR) is 116 cm³/mol. The van der Waals surface area contributed by atoms with Gasteiger partial charge in [-0.1, -0.05) is 81.4 Å². The molecule has 0 aliphatic rings. The molecule has 0 radical (unpaired) electrons. The zero-order valence-corrected chi connectivity index (χ0v) is 17.6. The molecule has 3 atom stereocenters. The van der Waals surface area contributed by atoms with Gasteiger partial charge in [-0.25, -0.2) is 0 Å². The maximum absolute atomic E-state index is 6.14. The van der Waals surface area contributed by atoms with Crippen LogP contribution in [0.5, 0.6) is 0 Å². The predicted octanol–water partition coefficient (Wildman–Crippen LogP) is 6.13. The summed E-state index contributed by atoms with van der Waals surface area (Å²) in [7, 11) is 0. The molecule has 0 fully saturated rings. The third kappa shape index (κ3) is 7.86. The van der Waals surface area contributed by atoms with E-state index in [1.165, 1.54) is 24.0 Å². The first-order valence-corrected chi connectivity index (χ1v) is 10.5. The van der Waals surface area contributed by atoms with Crippen LogP contribution in [-0.2, 0) is 11.3 Å². The van der Waals surface area contributed by atoms with Crippen LogP contribution >= 0.6 is 0 Å². The summed E-state index contributed by atoms with van der Waals surface area (Å²) >= 11 is 0. The highest BCUT2D eigenvalue weighted by molar-refractivity contribution is 5.18. The van der Waals surface area contributed by atoms with Crippen LogP contribution in [0.15, 0.2) is 60.7 Å². The second-order valence-electron chi connectivity index (χ2n) is 7.88. The molecular formula is C25H37NO. The number of hydrogen-bond acceptors (Lipinski definition) is 2. The molecule has 148 valence electrons. The van der Waals surface area contributed by atoms with Gasteiger partial charge in [0.1, 0.15) is 0 Å². The molecule has 0 spiro atoms. The Balaban J connectivity index is 1.79. The van der Waals surface area contributed by atoms with Gasteiger partial charge in [-0.2, -0.15) is 0 Å². The van der Waals surface area contributed by atoms with Crippen LogP contribution in [-0.4, -0.2) is 30.6 Å². The molecular weight excluding hydrogens is 330 g/mol. The van der Waals surface area contributed by atoms with Gasteiger partial charge in [0.2, 0.25) is 0 Å². The molecule has 0 bridgehead atoms. The first kappa shape index (κ1) is 21.7. The summed E-state index contributed by atoms with van der Waals surface area (Å²) < 4.78 is 6.14. The van der Waals surface area contributed by atoms with E-state index in [1.54, 1.807) is 0 Å². The van der Waals surface area contributed by atoms with Crippen molar-refractivity contribution in [3.63, 3.8) is 0 Å². The SMILES string of the molecule is CCCN(CCC(C)c1ccccc1)CC(C)C(C)OCc1ccccc1. The summed E-state index contributed by atoms with van der Waals surface area (Å²) in [6, 6.07) is 21.3. The van der Waals surface area contributed by atoms with Crippen molar-refractivity contribution >= 4 is 0 Å². The molecule has 0 heterocycles. The summed E-state index contributed by atoms with van der Waals surface area (Å²) in [5.74, 6) is 1.12. The quantitative estimate of drug-likeness (QED) is 0.447. The third-order valence-electron chi connectivity index (χ3n) is 5.49. The summed E-state index contributed by atoms with van der Waals surface area (Å²) in [4.78, 5) is 2.62. The number of hydrogen-bond donors (Lipinski definition) is 0. The zero-order chi connectivity index (χ0) is 19.5.